The lowest BCUT2D eigenvalue weighted by molar-refractivity contribution is 0.192. The molecule has 0 amide bonds. The molecule has 1 nitrogen and oxygen atoms in total. The molecule has 0 atom stereocenters. The Bertz CT molecular complexity index is 171. The van der Waals surface area contributed by atoms with Gasteiger partial charge in [0.2, 0.25) is 0 Å². The van der Waals surface area contributed by atoms with Crippen molar-refractivity contribution < 1.29 is 0 Å². The molecule has 0 spiro atoms. The second-order valence-electron chi connectivity index (χ2n) is 5.39. The van der Waals surface area contributed by atoms with Gasteiger partial charge in [0.05, 0.1) is 0 Å². The first-order chi connectivity index (χ1) is 7.07. The molecule has 0 aromatic heterocycles. The lowest BCUT2D eigenvalue weighted by Gasteiger charge is -2.38. The summed E-state index contributed by atoms with van der Waals surface area (Å²) >= 11 is 2.03. The van der Waals surface area contributed by atoms with Gasteiger partial charge in [0.25, 0.3) is 0 Å². The van der Waals surface area contributed by atoms with Gasteiger partial charge in [0, 0.05) is 5.54 Å². The van der Waals surface area contributed by atoms with E-state index >= 15 is 0 Å². The van der Waals surface area contributed by atoms with Gasteiger partial charge in [-0.05, 0) is 55.4 Å². The minimum atomic E-state index is 0.174. The van der Waals surface area contributed by atoms with Gasteiger partial charge in [0.15, 0.2) is 0 Å². The highest BCUT2D eigenvalue weighted by Crippen LogP contribution is 2.36. The van der Waals surface area contributed by atoms with Crippen molar-refractivity contribution in [3.63, 3.8) is 0 Å². The van der Waals surface area contributed by atoms with E-state index in [4.69, 9.17) is 5.73 Å². The molecule has 1 saturated carbocycles. The summed E-state index contributed by atoms with van der Waals surface area (Å²) in [5.41, 5.74) is 6.62. The molecule has 15 heavy (non-hydrogen) atoms. The van der Waals surface area contributed by atoms with Crippen LogP contribution in [0.1, 0.15) is 52.9 Å². The van der Waals surface area contributed by atoms with Gasteiger partial charge in [-0.2, -0.15) is 11.8 Å². The fraction of sp³-hybridized carbons (Fsp3) is 1.00. The maximum Gasteiger partial charge on any atom is 0.0162 e. The standard InChI is InChI=1S/C13H27NS/c1-4-15-10-9-13(14)7-5-12(6-8-13)11(2)3/h11-12H,4-10,14H2,1-3H3. The summed E-state index contributed by atoms with van der Waals surface area (Å²) in [5, 5.41) is 0. The molecule has 0 radical (unpaired) electrons. The predicted molar refractivity (Wildman–Crippen MR) is 71.3 cm³/mol. The van der Waals surface area contributed by atoms with Gasteiger partial charge in [-0.15, -0.1) is 0 Å². The molecular formula is C13H27NS. The Morgan fingerprint density at radius 2 is 1.93 bits per heavy atom. The van der Waals surface area contributed by atoms with E-state index in [1.807, 2.05) is 11.8 Å². The first-order valence-electron chi connectivity index (χ1n) is 6.44. The van der Waals surface area contributed by atoms with Gasteiger partial charge in [-0.25, -0.2) is 0 Å². The summed E-state index contributed by atoms with van der Waals surface area (Å²) in [6.07, 6.45) is 6.42. The number of nitrogens with two attached hydrogens (primary N) is 1. The van der Waals surface area contributed by atoms with Crippen molar-refractivity contribution in [2.24, 2.45) is 17.6 Å². The monoisotopic (exact) mass is 229 g/mol. The van der Waals surface area contributed by atoms with Gasteiger partial charge >= 0.3 is 0 Å². The van der Waals surface area contributed by atoms with E-state index in [1.54, 1.807) is 0 Å². The minimum Gasteiger partial charge on any atom is -0.325 e. The third kappa shape index (κ3) is 4.36. The van der Waals surface area contributed by atoms with Crippen LogP contribution in [0.2, 0.25) is 0 Å². The van der Waals surface area contributed by atoms with Crippen molar-refractivity contribution in [3.05, 3.63) is 0 Å². The van der Waals surface area contributed by atoms with Gasteiger partial charge < -0.3 is 5.73 Å². The zero-order chi connectivity index (χ0) is 11.3. The van der Waals surface area contributed by atoms with Crippen LogP contribution in [0.5, 0.6) is 0 Å². The van der Waals surface area contributed by atoms with Crippen LogP contribution in [0.15, 0.2) is 0 Å². The molecule has 0 aromatic carbocycles. The highest BCUT2D eigenvalue weighted by atomic mass is 32.2. The minimum absolute atomic E-state index is 0.174. The fourth-order valence-corrected chi connectivity index (χ4v) is 3.39. The maximum absolute atomic E-state index is 6.45. The lowest BCUT2D eigenvalue weighted by atomic mass is 9.72. The van der Waals surface area contributed by atoms with Crippen LogP contribution in [-0.4, -0.2) is 17.0 Å². The average molecular weight is 229 g/mol. The second kappa shape index (κ2) is 6.15. The van der Waals surface area contributed by atoms with E-state index in [2.05, 4.69) is 20.8 Å². The van der Waals surface area contributed by atoms with Gasteiger partial charge in [-0.3, -0.25) is 0 Å². The number of thioether (sulfide) groups is 1. The molecular weight excluding hydrogens is 202 g/mol. The molecule has 0 heterocycles. The Morgan fingerprint density at radius 3 is 2.40 bits per heavy atom. The normalized spacial score (nSPS) is 32.2. The van der Waals surface area contributed by atoms with Crippen LogP contribution in [0, 0.1) is 11.8 Å². The Balaban J connectivity index is 2.27. The van der Waals surface area contributed by atoms with E-state index in [1.165, 1.54) is 43.6 Å². The third-order valence-corrected chi connectivity index (χ3v) is 4.82. The van der Waals surface area contributed by atoms with Gasteiger partial charge in [-0.1, -0.05) is 20.8 Å². The molecule has 2 N–H and O–H groups in total. The van der Waals surface area contributed by atoms with Crippen molar-refractivity contribution in [2.45, 2.75) is 58.4 Å². The van der Waals surface area contributed by atoms with Crippen LogP contribution in [0.25, 0.3) is 0 Å². The zero-order valence-electron chi connectivity index (χ0n) is 10.6. The first-order valence-corrected chi connectivity index (χ1v) is 7.59. The maximum atomic E-state index is 6.45. The van der Waals surface area contributed by atoms with Crippen molar-refractivity contribution in [1.29, 1.82) is 0 Å². The first kappa shape index (κ1) is 13.4. The number of hydrogen-bond acceptors (Lipinski definition) is 2. The Hall–Kier alpha value is 0.310. The summed E-state index contributed by atoms with van der Waals surface area (Å²) < 4.78 is 0. The van der Waals surface area contributed by atoms with E-state index in [0.717, 1.165) is 11.8 Å². The van der Waals surface area contributed by atoms with Crippen molar-refractivity contribution >= 4 is 11.8 Å². The summed E-state index contributed by atoms with van der Waals surface area (Å²) in [6.45, 7) is 6.92. The fourth-order valence-electron chi connectivity index (χ4n) is 2.55. The quantitative estimate of drug-likeness (QED) is 0.728. The summed E-state index contributed by atoms with van der Waals surface area (Å²) in [5.74, 6) is 4.25. The average Bonchev–Trinajstić information content (AvgIpc) is 2.18. The molecule has 1 aliphatic rings. The molecule has 0 saturated heterocycles. The molecule has 1 fully saturated rings. The van der Waals surface area contributed by atoms with Crippen LogP contribution >= 0.6 is 11.8 Å². The highest BCUT2D eigenvalue weighted by Gasteiger charge is 2.31. The highest BCUT2D eigenvalue weighted by molar-refractivity contribution is 7.99. The lowest BCUT2D eigenvalue weighted by Crippen LogP contribution is -2.44. The number of rotatable bonds is 5. The number of hydrogen-bond donors (Lipinski definition) is 1. The SMILES string of the molecule is CCSCCC1(N)CCC(C(C)C)CC1. The zero-order valence-corrected chi connectivity index (χ0v) is 11.4. The van der Waals surface area contributed by atoms with Crippen LogP contribution in [-0.2, 0) is 0 Å². The molecule has 0 bridgehead atoms. The largest absolute Gasteiger partial charge is 0.325 e. The van der Waals surface area contributed by atoms with Gasteiger partial charge in [0.1, 0.15) is 0 Å². The molecule has 1 aliphatic carbocycles. The summed E-state index contributed by atoms with van der Waals surface area (Å²) in [6, 6.07) is 0. The Labute approximate surface area is 99.6 Å². The molecule has 0 aliphatic heterocycles. The van der Waals surface area contributed by atoms with Crippen LogP contribution in [0.4, 0.5) is 0 Å². The molecule has 0 aromatic rings. The topological polar surface area (TPSA) is 26.0 Å². The third-order valence-electron chi connectivity index (χ3n) is 3.92. The van der Waals surface area contributed by atoms with Crippen LogP contribution < -0.4 is 5.73 Å². The molecule has 2 heteroatoms. The predicted octanol–water partition coefficient (Wildman–Crippen LogP) is 3.67. The second-order valence-corrected chi connectivity index (χ2v) is 6.78. The Kier molecular flexibility index (Phi) is 5.48. The van der Waals surface area contributed by atoms with E-state index < -0.39 is 0 Å². The van der Waals surface area contributed by atoms with E-state index in [9.17, 15) is 0 Å². The Morgan fingerprint density at radius 1 is 1.33 bits per heavy atom. The van der Waals surface area contributed by atoms with Crippen LogP contribution in [0.3, 0.4) is 0 Å². The smallest absolute Gasteiger partial charge is 0.0162 e. The molecule has 90 valence electrons. The van der Waals surface area contributed by atoms with Crippen molar-refractivity contribution in [2.75, 3.05) is 11.5 Å². The van der Waals surface area contributed by atoms with E-state index in [-0.39, 0.29) is 5.54 Å². The van der Waals surface area contributed by atoms with E-state index in [0.29, 0.717) is 0 Å². The summed E-state index contributed by atoms with van der Waals surface area (Å²) in [7, 11) is 0. The van der Waals surface area contributed by atoms with Crippen molar-refractivity contribution in [1.82, 2.24) is 0 Å². The van der Waals surface area contributed by atoms with Crippen molar-refractivity contribution in [3.8, 4) is 0 Å². The molecule has 0 unspecified atom stereocenters. The summed E-state index contributed by atoms with van der Waals surface area (Å²) in [4.78, 5) is 0. The molecule has 1 rings (SSSR count).